The summed E-state index contributed by atoms with van der Waals surface area (Å²) < 4.78 is 5.60. The van der Waals surface area contributed by atoms with E-state index < -0.39 is 6.10 Å². The minimum Gasteiger partial charge on any atom is -0.491 e. The van der Waals surface area contributed by atoms with Crippen LogP contribution in [0.5, 0.6) is 5.75 Å². The summed E-state index contributed by atoms with van der Waals surface area (Å²) in [6.07, 6.45) is 0.457. The molecule has 0 amide bonds. The van der Waals surface area contributed by atoms with Gasteiger partial charge in [0.05, 0.1) is 6.54 Å². The van der Waals surface area contributed by atoms with Gasteiger partial charge in [0.1, 0.15) is 24.2 Å². The highest BCUT2D eigenvalue weighted by molar-refractivity contribution is 6.30. The first-order valence-electron chi connectivity index (χ1n) is 8.92. The van der Waals surface area contributed by atoms with Gasteiger partial charge in [-0.1, -0.05) is 23.7 Å². The van der Waals surface area contributed by atoms with E-state index in [2.05, 4.69) is 15.4 Å². The fourth-order valence-corrected chi connectivity index (χ4v) is 2.67. The predicted molar refractivity (Wildman–Crippen MR) is 105 cm³/mol. The van der Waals surface area contributed by atoms with Crippen molar-refractivity contribution in [3.05, 3.63) is 59.1 Å². The van der Waals surface area contributed by atoms with Gasteiger partial charge in [0, 0.05) is 17.0 Å². The fraction of sp³-hybridized carbons (Fsp3) is 0.300. The van der Waals surface area contributed by atoms with E-state index >= 15 is 0 Å². The van der Waals surface area contributed by atoms with Crippen LogP contribution >= 0.6 is 11.6 Å². The average Bonchev–Trinajstić information content (AvgIpc) is 3.14. The van der Waals surface area contributed by atoms with Crippen molar-refractivity contribution in [1.29, 1.82) is 0 Å². The number of ketones is 1. The summed E-state index contributed by atoms with van der Waals surface area (Å²) in [5, 5.41) is 23.0. The van der Waals surface area contributed by atoms with Gasteiger partial charge < -0.3 is 14.6 Å². The molecule has 3 aromatic rings. The van der Waals surface area contributed by atoms with Gasteiger partial charge in [-0.3, -0.25) is 0 Å². The first kappa shape index (κ1) is 20.0. The summed E-state index contributed by atoms with van der Waals surface area (Å²) in [7, 11) is 0. The minimum atomic E-state index is -0.787. The number of benzene rings is 2. The Kier molecular flexibility index (Phi) is 6.73. The Morgan fingerprint density at radius 2 is 1.89 bits per heavy atom. The zero-order chi connectivity index (χ0) is 19.9. The molecule has 1 atom stereocenters. The maximum absolute atomic E-state index is 11.0. The highest BCUT2D eigenvalue weighted by Crippen LogP contribution is 2.17. The Hall–Kier alpha value is -2.77. The van der Waals surface area contributed by atoms with E-state index in [0.29, 0.717) is 29.4 Å². The van der Waals surface area contributed by atoms with Crippen molar-refractivity contribution in [2.75, 3.05) is 6.61 Å². The molecule has 0 saturated carbocycles. The van der Waals surface area contributed by atoms with Crippen molar-refractivity contribution in [3.63, 3.8) is 0 Å². The van der Waals surface area contributed by atoms with Crippen molar-refractivity contribution in [2.24, 2.45) is 0 Å². The highest BCUT2D eigenvalue weighted by atomic mass is 35.5. The van der Waals surface area contributed by atoms with E-state index in [1.54, 1.807) is 19.1 Å². The summed E-state index contributed by atoms with van der Waals surface area (Å²) in [5.74, 6) is 1.29. The van der Waals surface area contributed by atoms with Crippen molar-refractivity contribution in [2.45, 2.75) is 32.4 Å². The third-order valence-electron chi connectivity index (χ3n) is 4.06. The zero-order valence-corrected chi connectivity index (χ0v) is 16.2. The van der Waals surface area contributed by atoms with Gasteiger partial charge in [-0.05, 0) is 60.5 Å². The summed E-state index contributed by atoms with van der Waals surface area (Å²) in [5.41, 5.74) is 1.87. The van der Waals surface area contributed by atoms with Crippen LogP contribution in [-0.4, -0.2) is 43.8 Å². The molecule has 0 aliphatic heterocycles. The molecule has 0 radical (unpaired) electrons. The monoisotopic (exact) mass is 400 g/mol. The van der Waals surface area contributed by atoms with Crippen molar-refractivity contribution >= 4 is 17.4 Å². The van der Waals surface area contributed by atoms with Crippen LogP contribution in [0.3, 0.4) is 0 Å². The number of Topliss-reactive ketones (excluding diaryl/α,β-unsaturated/α-hetero) is 1. The van der Waals surface area contributed by atoms with E-state index in [4.69, 9.17) is 16.3 Å². The summed E-state index contributed by atoms with van der Waals surface area (Å²) in [6, 6.07) is 14.6. The lowest BCUT2D eigenvalue weighted by Gasteiger charge is -2.11. The zero-order valence-electron chi connectivity index (χ0n) is 15.5. The summed E-state index contributed by atoms with van der Waals surface area (Å²) in [4.78, 5) is 12.4. The Labute approximate surface area is 167 Å². The molecular weight excluding hydrogens is 380 g/mol. The standard InChI is InChI=1S/C20H21ClN4O3/c1-14(26)2-3-15-4-10-19(11-5-15)28-13-18(27)12-25-23-20(22-24-25)16-6-8-17(21)9-7-16/h4-11,18,27H,2-3,12-13H2,1H3. The molecule has 146 valence electrons. The number of hydrogen-bond acceptors (Lipinski definition) is 6. The lowest BCUT2D eigenvalue weighted by molar-refractivity contribution is -0.116. The molecule has 1 unspecified atom stereocenters. The Balaban J connectivity index is 1.48. The number of hydrogen-bond donors (Lipinski definition) is 1. The molecule has 0 fully saturated rings. The number of halogens is 1. The normalized spacial score (nSPS) is 12.0. The van der Waals surface area contributed by atoms with Gasteiger partial charge in [-0.25, -0.2) is 0 Å². The van der Waals surface area contributed by atoms with E-state index in [9.17, 15) is 9.90 Å². The van der Waals surface area contributed by atoms with Crippen LogP contribution < -0.4 is 4.74 Å². The number of tetrazole rings is 1. The van der Waals surface area contributed by atoms with Crippen LogP contribution in [0.2, 0.25) is 5.02 Å². The number of aliphatic hydroxyl groups is 1. The topological polar surface area (TPSA) is 90.1 Å². The van der Waals surface area contributed by atoms with Crippen LogP contribution in [-0.2, 0) is 17.8 Å². The van der Waals surface area contributed by atoms with Gasteiger partial charge in [-0.2, -0.15) is 4.80 Å². The lowest BCUT2D eigenvalue weighted by Crippen LogP contribution is -2.25. The number of ether oxygens (including phenoxy) is 1. The SMILES string of the molecule is CC(=O)CCc1ccc(OCC(O)Cn2nnc(-c3ccc(Cl)cc3)n2)cc1. The number of rotatable bonds is 9. The second-order valence-electron chi connectivity index (χ2n) is 6.49. The third kappa shape index (κ3) is 5.87. The molecule has 1 N–H and O–H groups in total. The predicted octanol–water partition coefficient (Wildman–Crippen LogP) is 2.96. The van der Waals surface area contributed by atoms with Crippen LogP contribution in [0, 0.1) is 0 Å². The Morgan fingerprint density at radius 1 is 1.18 bits per heavy atom. The van der Waals surface area contributed by atoms with Gasteiger partial charge in [0.25, 0.3) is 0 Å². The van der Waals surface area contributed by atoms with Crippen LogP contribution in [0.1, 0.15) is 18.9 Å². The van der Waals surface area contributed by atoms with Gasteiger partial charge in [0.2, 0.25) is 5.82 Å². The highest BCUT2D eigenvalue weighted by Gasteiger charge is 2.11. The molecule has 0 aliphatic rings. The van der Waals surface area contributed by atoms with Crippen LogP contribution in [0.15, 0.2) is 48.5 Å². The molecule has 0 bridgehead atoms. The molecule has 7 nitrogen and oxygen atoms in total. The van der Waals surface area contributed by atoms with Crippen molar-refractivity contribution < 1.29 is 14.6 Å². The molecule has 2 aromatic carbocycles. The largest absolute Gasteiger partial charge is 0.491 e. The number of carbonyl (C=O) groups is 1. The molecule has 28 heavy (non-hydrogen) atoms. The molecule has 0 saturated heterocycles. The molecule has 1 heterocycles. The second kappa shape index (κ2) is 9.43. The van der Waals surface area contributed by atoms with Crippen LogP contribution in [0.25, 0.3) is 11.4 Å². The van der Waals surface area contributed by atoms with Crippen molar-refractivity contribution in [1.82, 2.24) is 20.2 Å². The number of aliphatic hydroxyl groups excluding tert-OH is 1. The van der Waals surface area contributed by atoms with Gasteiger partial charge >= 0.3 is 0 Å². The molecule has 0 aliphatic carbocycles. The van der Waals surface area contributed by atoms with E-state index in [0.717, 1.165) is 11.1 Å². The summed E-state index contributed by atoms with van der Waals surface area (Å²) >= 11 is 5.87. The maximum atomic E-state index is 11.0. The number of aryl methyl sites for hydroxylation is 1. The smallest absolute Gasteiger partial charge is 0.204 e. The average molecular weight is 401 g/mol. The maximum Gasteiger partial charge on any atom is 0.204 e. The lowest BCUT2D eigenvalue weighted by atomic mass is 10.1. The Morgan fingerprint density at radius 3 is 2.57 bits per heavy atom. The number of aromatic nitrogens is 4. The first-order chi connectivity index (χ1) is 13.5. The molecule has 8 heteroatoms. The molecule has 0 spiro atoms. The quantitative estimate of drug-likeness (QED) is 0.594. The third-order valence-corrected chi connectivity index (χ3v) is 4.31. The first-order valence-corrected chi connectivity index (χ1v) is 9.30. The van der Waals surface area contributed by atoms with Gasteiger partial charge in [-0.15, -0.1) is 10.2 Å². The molecule has 3 rings (SSSR count). The van der Waals surface area contributed by atoms with E-state index in [-0.39, 0.29) is 18.9 Å². The second-order valence-corrected chi connectivity index (χ2v) is 6.92. The van der Waals surface area contributed by atoms with Crippen molar-refractivity contribution in [3.8, 4) is 17.1 Å². The number of carbonyl (C=O) groups excluding carboxylic acids is 1. The Bertz CT molecular complexity index is 910. The molecule has 1 aromatic heterocycles. The molecular formula is C20H21ClN4O3. The van der Waals surface area contributed by atoms with Gasteiger partial charge in [0.15, 0.2) is 0 Å². The van der Waals surface area contributed by atoms with E-state index in [1.165, 1.54) is 4.80 Å². The minimum absolute atomic E-state index is 0.102. The van der Waals surface area contributed by atoms with Crippen LogP contribution in [0.4, 0.5) is 0 Å². The summed E-state index contributed by atoms with van der Waals surface area (Å²) in [6.45, 7) is 1.85. The number of nitrogens with zero attached hydrogens (tertiary/aromatic N) is 4. The van der Waals surface area contributed by atoms with E-state index in [1.807, 2.05) is 36.4 Å². The fourth-order valence-electron chi connectivity index (χ4n) is 2.54.